The van der Waals surface area contributed by atoms with Gasteiger partial charge >= 0.3 is 5.97 Å². The molecule has 0 rings (SSSR count). The van der Waals surface area contributed by atoms with E-state index in [9.17, 15) is 9.59 Å². The number of hydrogen-bond acceptors (Lipinski definition) is 3. The van der Waals surface area contributed by atoms with E-state index in [4.69, 9.17) is 4.74 Å². The van der Waals surface area contributed by atoms with Crippen molar-refractivity contribution in [3.05, 3.63) is 0 Å². The van der Waals surface area contributed by atoms with E-state index >= 15 is 0 Å². The fraction of sp³-hybridized carbons (Fsp3) is 0.882. The lowest BCUT2D eigenvalue weighted by molar-refractivity contribution is -0.149. The van der Waals surface area contributed by atoms with Crippen LogP contribution in [0, 0.1) is 5.92 Å². The number of aldehydes is 1. The molecule has 0 aromatic carbocycles. The number of rotatable bonds is 14. The van der Waals surface area contributed by atoms with Gasteiger partial charge in [0.15, 0.2) is 0 Å². The van der Waals surface area contributed by atoms with E-state index in [1.165, 1.54) is 19.3 Å². The minimum Gasteiger partial charge on any atom is -0.465 e. The molecule has 1 atom stereocenters. The molecule has 0 radical (unpaired) electrons. The average molecular weight is 284 g/mol. The van der Waals surface area contributed by atoms with Gasteiger partial charge in [-0.05, 0) is 32.1 Å². The molecule has 0 heterocycles. The minimum atomic E-state index is -0.0151. The first kappa shape index (κ1) is 19.1. The Morgan fingerprint density at radius 1 is 0.950 bits per heavy atom. The summed E-state index contributed by atoms with van der Waals surface area (Å²) >= 11 is 0. The smallest absolute Gasteiger partial charge is 0.308 e. The number of carbonyl (C=O) groups is 2. The van der Waals surface area contributed by atoms with Gasteiger partial charge in [-0.1, -0.05) is 46.0 Å². The van der Waals surface area contributed by atoms with E-state index in [2.05, 4.69) is 13.8 Å². The first-order chi connectivity index (χ1) is 9.76. The molecule has 0 aliphatic heterocycles. The first-order valence-electron chi connectivity index (χ1n) is 8.36. The molecule has 0 aromatic heterocycles. The summed E-state index contributed by atoms with van der Waals surface area (Å²) in [6.45, 7) is 4.82. The van der Waals surface area contributed by atoms with Crippen LogP contribution in [0.5, 0.6) is 0 Å². The summed E-state index contributed by atoms with van der Waals surface area (Å²) in [6, 6.07) is 0. The summed E-state index contributed by atoms with van der Waals surface area (Å²) < 4.78 is 5.37. The van der Waals surface area contributed by atoms with Crippen LogP contribution in [-0.2, 0) is 14.3 Å². The maximum atomic E-state index is 12.0. The summed E-state index contributed by atoms with van der Waals surface area (Å²) in [4.78, 5) is 22.2. The van der Waals surface area contributed by atoms with E-state index in [1.807, 2.05) is 0 Å². The number of hydrogen-bond donors (Lipinski definition) is 0. The SMILES string of the molecule is CCCCCCC(CCC)C(=O)OCCCCCC=O. The molecule has 0 aliphatic rings. The van der Waals surface area contributed by atoms with Crippen molar-refractivity contribution in [1.82, 2.24) is 0 Å². The third-order valence-electron chi connectivity index (χ3n) is 3.59. The van der Waals surface area contributed by atoms with Crippen LogP contribution in [-0.4, -0.2) is 18.9 Å². The standard InChI is InChI=1S/C17H32O3/c1-3-5-6-9-13-16(12-4-2)17(19)20-15-11-8-7-10-14-18/h14,16H,3-13,15H2,1-2H3. The second-order valence-electron chi connectivity index (χ2n) is 5.52. The van der Waals surface area contributed by atoms with Crippen LogP contribution < -0.4 is 0 Å². The van der Waals surface area contributed by atoms with E-state index in [0.717, 1.165) is 51.2 Å². The summed E-state index contributed by atoms with van der Waals surface area (Å²) in [7, 11) is 0. The second kappa shape index (κ2) is 14.5. The predicted octanol–water partition coefficient (Wildman–Crippen LogP) is 4.68. The Bertz CT molecular complexity index is 238. The van der Waals surface area contributed by atoms with Gasteiger partial charge in [0, 0.05) is 6.42 Å². The molecule has 0 saturated heterocycles. The van der Waals surface area contributed by atoms with Gasteiger partial charge < -0.3 is 9.53 Å². The highest BCUT2D eigenvalue weighted by Gasteiger charge is 2.18. The third kappa shape index (κ3) is 11.0. The molecule has 0 fully saturated rings. The molecule has 118 valence electrons. The van der Waals surface area contributed by atoms with Crippen molar-refractivity contribution in [3.63, 3.8) is 0 Å². The van der Waals surface area contributed by atoms with Crippen molar-refractivity contribution in [2.45, 2.75) is 84.5 Å². The summed E-state index contributed by atoms with van der Waals surface area (Å²) in [5, 5.41) is 0. The van der Waals surface area contributed by atoms with Crippen LogP contribution >= 0.6 is 0 Å². The maximum Gasteiger partial charge on any atom is 0.308 e. The molecule has 1 unspecified atom stereocenters. The zero-order valence-corrected chi connectivity index (χ0v) is 13.4. The van der Waals surface area contributed by atoms with Gasteiger partial charge in [0.1, 0.15) is 6.29 Å². The van der Waals surface area contributed by atoms with Crippen LogP contribution in [0.1, 0.15) is 84.5 Å². The molecule has 0 aromatic rings. The lowest BCUT2D eigenvalue weighted by Gasteiger charge is -2.15. The van der Waals surface area contributed by atoms with Gasteiger partial charge in [-0.25, -0.2) is 0 Å². The monoisotopic (exact) mass is 284 g/mol. The Morgan fingerprint density at radius 3 is 2.35 bits per heavy atom. The van der Waals surface area contributed by atoms with Crippen molar-refractivity contribution < 1.29 is 14.3 Å². The number of unbranched alkanes of at least 4 members (excludes halogenated alkanes) is 6. The number of esters is 1. The molecule has 20 heavy (non-hydrogen) atoms. The highest BCUT2D eigenvalue weighted by atomic mass is 16.5. The fourth-order valence-electron chi connectivity index (χ4n) is 2.34. The first-order valence-corrected chi connectivity index (χ1v) is 8.36. The molecular formula is C17H32O3. The fourth-order valence-corrected chi connectivity index (χ4v) is 2.34. The predicted molar refractivity (Wildman–Crippen MR) is 82.6 cm³/mol. The Balaban J connectivity index is 3.75. The van der Waals surface area contributed by atoms with Gasteiger partial charge in [0.25, 0.3) is 0 Å². The largest absolute Gasteiger partial charge is 0.465 e. The molecule has 0 N–H and O–H groups in total. The Morgan fingerprint density at radius 2 is 1.70 bits per heavy atom. The highest BCUT2D eigenvalue weighted by molar-refractivity contribution is 5.72. The molecule has 3 heteroatoms. The average Bonchev–Trinajstić information content (AvgIpc) is 2.45. The Hall–Kier alpha value is -0.860. The van der Waals surface area contributed by atoms with Crippen LogP contribution in [0.3, 0.4) is 0 Å². The van der Waals surface area contributed by atoms with Gasteiger partial charge in [-0.2, -0.15) is 0 Å². The summed E-state index contributed by atoms with van der Waals surface area (Å²) in [6.07, 6.45) is 12.1. The Kier molecular flexibility index (Phi) is 13.9. The van der Waals surface area contributed by atoms with Gasteiger partial charge in [0.2, 0.25) is 0 Å². The van der Waals surface area contributed by atoms with Crippen LogP contribution in [0.4, 0.5) is 0 Å². The molecule has 0 aliphatic carbocycles. The van der Waals surface area contributed by atoms with Crippen molar-refractivity contribution in [2.24, 2.45) is 5.92 Å². The Labute approximate surface area is 124 Å². The number of ether oxygens (including phenoxy) is 1. The molecule has 0 saturated carbocycles. The van der Waals surface area contributed by atoms with Crippen LogP contribution in [0.25, 0.3) is 0 Å². The topological polar surface area (TPSA) is 43.4 Å². The molecule has 0 spiro atoms. The van der Waals surface area contributed by atoms with Gasteiger partial charge in [-0.3, -0.25) is 4.79 Å². The van der Waals surface area contributed by atoms with Crippen molar-refractivity contribution in [2.75, 3.05) is 6.61 Å². The van der Waals surface area contributed by atoms with Crippen molar-refractivity contribution in [3.8, 4) is 0 Å². The molecule has 0 bridgehead atoms. The molecule has 3 nitrogen and oxygen atoms in total. The quantitative estimate of drug-likeness (QED) is 0.264. The summed E-state index contributed by atoms with van der Waals surface area (Å²) in [5.41, 5.74) is 0. The second-order valence-corrected chi connectivity index (χ2v) is 5.52. The third-order valence-corrected chi connectivity index (χ3v) is 3.59. The maximum absolute atomic E-state index is 12.0. The van der Waals surface area contributed by atoms with E-state index < -0.39 is 0 Å². The lowest BCUT2D eigenvalue weighted by Crippen LogP contribution is -2.18. The van der Waals surface area contributed by atoms with E-state index in [1.54, 1.807) is 0 Å². The van der Waals surface area contributed by atoms with Gasteiger partial charge in [0.05, 0.1) is 12.5 Å². The van der Waals surface area contributed by atoms with Crippen molar-refractivity contribution in [1.29, 1.82) is 0 Å². The van der Waals surface area contributed by atoms with Crippen LogP contribution in [0.15, 0.2) is 0 Å². The summed E-state index contributed by atoms with van der Waals surface area (Å²) in [5.74, 6) is 0.0746. The van der Waals surface area contributed by atoms with Crippen LogP contribution in [0.2, 0.25) is 0 Å². The zero-order valence-electron chi connectivity index (χ0n) is 13.4. The molecule has 0 amide bonds. The highest BCUT2D eigenvalue weighted by Crippen LogP contribution is 2.18. The number of carbonyl (C=O) groups excluding carboxylic acids is 2. The minimum absolute atomic E-state index is 0.0151. The molecular weight excluding hydrogens is 252 g/mol. The zero-order chi connectivity index (χ0) is 15.1. The van der Waals surface area contributed by atoms with E-state index in [-0.39, 0.29) is 11.9 Å². The van der Waals surface area contributed by atoms with E-state index in [0.29, 0.717) is 13.0 Å². The lowest BCUT2D eigenvalue weighted by atomic mass is 9.96. The van der Waals surface area contributed by atoms with Gasteiger partial charge in [-0.15, -0.1) is 0 Å². The van der Waals surface area contributed by atoms with Crippen molar-refractivity contribution >= 4 is 12.3 Å². The normalized spacial score (nSPS) is 12.1.